The molecule has 1 heterocycles. The lowest BCUT2D eigenvalue weighted by molar-refractivity contribution is 0.0946. The fourth-order valence-corrected chi connectivity index (χ4v) is 3.19. The fourth-order valence-electron chi connectivity index (χ4n) is 2.15. The summed E-state index contributed by atoms with van der Waals surface area (Å²) >= 11 is 7.76. The maximum atomic E-state index is 12.1. The van der Waals surface area contributed by atoms with E-state index >= 15 is 0 Å². The van der Waals surface area contributed by atoms with E-state index in [1.807, 2.05) is 57.4 Å². The molecule has 112 valence electrons. The van der Waals surface area contributed by atoms with Crippen LogP contribution in [0, 0.1) is 6.92 Å². The van der Waals surface area contributed by atoms with Gasteiger partial charge >= 0.3 is 0 Å². The van der Waals surface area contributed by atoms with Gasteiger partial charge in [0.2, 0.25) is 0 Å². The van der Waals surface area contributed by atoms with Crippen molar-refractivity contribution in [3.63, 3.8) is 0 Å². The lowest BCUT2D eigenvalue weighted by atomic mass is 10.1. The molecule has 1 aromatic carbocycles. The summed E-state index contributed by atoms with van der Waals surface area (Å²) in [7, 11) is 3.96. The number of halogens is 1. The Morgan fingerprint density at radius 1 is 1.29 bits per heavy atom. The number of carbonyl (C=O) groups is 1. The standard InChI is InChI=1S/C16H19ClN2OS/c1-11-8-9-15(21-11)16(20)18-10-14(19(2)3)12-6-4-5-7-13(12)17/h4-9,14H,10H2,1-3H3,(H,18,20). The van der Waals surface area contributed by atoms with E-state index in [2.05, 4.69) is 10.2 Å². The highest BCUT2D eigenvalue weighted by molar-refractivity contribution is 7.13. The Kier molecular flexibility index (Phi) is 5.39. The monoisotopic (exact) mass is 322 g/mol. The van der Waals surface area contributed by atoms with Crippen molar-refractivity contribution in [3.05, 3.63) is 56.7 Å². The molecule has 5 heteroatoms. The van der Waals surface area contributed by atoms with Gasteiger partial charge in [-0.15, -0.1) is 11.3 Å². The van der Waals surface area contributed by atoms with Crippen LogP contribution in [-0.2, 0) is 0 Å². The van der Waals surface area contributed by atoms with Crippen molar-refractivity contribution >= 4 is 28.8 Å². The largest absolute Gasteiger partial charge is 0.349 e. The topological polar surface area (TPSA) is 32.3 Å². The van der Waals surface area contributed by atoms with Gasteiger partial charge in [-0.25, -0.2) is 0 Å². The lowest BCUT2D eigenvalue weighted by Crippen LogP contribution is -2.34. The second-order valence-corrected chi connectivity index (χ2v) is 6.82. The summed E-state index contributed by atoms with van der Waals surface area (Å²) < 4.78 is 0. The molecule has 2 aromatic rings. The molecule has 0 saturated heterocycles. The summed E-state index contributed by atoms with van der Waals surface area (Å²) in [6.45, 7) is 2.51. The van der Waals surface area contributed by atoms with Crippen LogP contribution in [0.25, 0.3) is 0 Å². The van der Waals surface area contributed by atoms with Gasteiger partial charge < -0.3 is 10.2 Å². The molecule has 0 aliphatic rings. The van der Waals surface area contributed by atoms with E-state index in [0.29, 0.717) is 6.54 Å². The quantitative estimate of drug-likeness (QED) is 0.909. The van der Waals surface area contributed by atoms with Crippen molar-refractivity contribution in [3.8, 4) is 0 Å². The van der Waals surface area contributed by atoms with Gasteiger partial charge in [-0.05, 0) is 44.8 Å². The first-order chi connectivity index (χ1) is 9.99. The first kappa shape index (κ1) is 16.0. The van der Waals surface area contributed by atoms with E-state index in [0.717, 1.165) is 20.3 Å². The van der Waals surface area contributed by atoms with Crippen molar-refractivity contribution in [1.82, 2.24) is 10.2 Å². The smallest absolute Gasteiger partial charge is 0.261 e. The molecule has 3 nitrogen and oxygen atoms in total. The second kappa shape index (κ2) is 7.07. The normalized spacial score (nSPS) is 12.4. The molecule has 0 radical (unpaired) electrons. The van der Waals surface area contributed by atoms with Crippen LogP contribution in [0.4, 0.5) is 0 Å². The average Bonchev–Trinajstić information content (AvgIpc) is 2.87. The molecule has 0 spiro atoms. The number of amides is 1. The Labute approximate surface area is 134 Å². The Hall–Kier alpha value is -1.36. The van der Waals surface area contributed by atoms with E-state index in [9.17, 15) is 4.79 Å². The van der Waals surface area contributed by atoms with E-state index in [-0.39, 0.29) is 11.9 Å². The molecule has 0 bridgehead atoms. The van der Waals surface area contributed by atoms with Gasteiger partial charge in [-0.3, -0.25) is 4.79 Å². The van der Waals surface area contributed by atoms with Crippen LogP contribution >= 0.6 is 22.9 Å². The Morgan fingerprint density at radius 2 is 2.00 bits per heavy atom. The molecule has 2 rings (SSSR count). The third-order valence-electron chi connectivity index (χ3n) is 3.31. The number of likely N-dealkylation sites (N-methyl/N-ethyl adjacent to an activating group) is 1. The zero-order valence-electron chi connectivity index (χ0n) is 12.4. The molecule has 1 amide bonds. The number of carbonyl (C=O) groups excluding carboxylic acids is 1. The number of hydrogen-bond donors (Lipinski definition) is 1. The second-order valence-electron chi connectivity index (χ2n) is 5.12. The first-order valence-electron chi connectivity index (χ1n) is 6.74. The van der Waals surface area contributed by atoms with Gasteiger partial charge in [-0.1, -0.05) is 29.8 Å². The highest BCUT2D eigenvalue weighted by Gasteiger charge is 2.18. The van der Waals surface area contributed by atoms with Crippen LogP contribution in [-0.4, -0.2) is 31.4 Å². The minimum atomic E-state index is -0.0352. The number of nitrogens with one attached hydrogen (secondary N) is 1. The maximum Gasteiger partial charge on any atom is 0.261 e. The maximum absolute atomic E-state index is 12.1. The molecule has 0 aliphatic carbocycles. The number of thiophene rings is 1. The number of hydrogen-bond acceptors (Lipinski definition) is 3. The minimum Gasteiger partial charge on any atom is -0.349 e. The lowest BCUT2D eigenvalue weighted by Gasteiger charge is -2.25. The van der Waals surface area contributed by atoms with E-state index in [1.54, 1.807) is 0 Å². The van der Waals surface area contributed by atoms with Gasteiger partial charge in [0, 0.05) is 16.4 Å². The molecule has 1 N–H and O–H groups in total. The third kappa shape index (κ3) is 4.06. The molecule has 1 aromatic heterocycles. The zero-order chi connectivity index (χ0) is 15.4. The summed E-state index contributed by atoms with van der Waals surface area (Å²) in [5.41, 5.74) is 1.02. The van der Waals surface area contributed by atoms with Crippen LogP contribution in [0.1, 0.15) is 26.2 Å². The summed E-state index contributed by atoms with van der Waals surface area (Å²) in [4.78, 5) is 16.1. The predicted octanol–water partition coefficient (Wildman–Crippen LogP) is 3.74. The number of nitrogens with zero attached hydrogens (tertiary/aromatic N) is 1. The van der Waals surface area contributed by atoms with Gasteiger partial charge in [0.1, 0.15) is 0 Å². The van der Waals surface area contributed by atoms with Crippen molar-refractivity contribution in [2.24, 2.45) is 0 Å². The SMILES string of the molecule is Cc1ccc(C(=O)NCC(c2ccccc2Cl)N(C)C)s1. The van der Waals surface area contributed by atoms with Gasteiger partial charge in [0.05, 0.1) is 10.9 Å². The minimum absolute atomic E-state index is 0.0352. The molecule has 0 saturated carbocycles. The molecule has 0 aliphatic heterocycles. The summed E-state index contributed by atoms with van der Waals surface area (Å²) in [5.74, 6) is -0.0352. The van der Waals surface area contributed by atoms with Crippen LogP contribution in [0.15, 0.2) is 36.4 Å². The summed E-state index contributed by atoms with van der Waals surface area (Å²) in [6, 6.07) is 11.6. The molecule has 1 unspecified atom stereocenters. The highest BCUT2D eigenvalue weighted by atomic mass is 35.5. The molecule has 21 heavy (non-hydrogen) atoms. The number of rotatable bonds is 5. The van der Waals surface area contributed by atoms with Crippen molar-refractivity contribution in [1.29, 1.82) is 0 Å². The number of benzene rings is 1. The van der Waals surface area contributed by atoms with Crippen LogP contribution < -0.4 is 5.32 Å². The van der Waals surface area contributed by atoms with Gasteiger partial charge in [-0.2, -0.15) is 0 Å². The van der Waals surface area contributed by atoms with Crippen molar-refractivity contribution in [2.45, 2.75) is 13.0 Å². The first-order valence-corrected chi connectivity index (χ1v) is 7.94. The van der Waals surface area contributed by atoms with Crippen molar-refractivity contribution < 1.29 is 4.79 Å². The van der Waals surface area contributed by atoms with E-state index in [1.165, 1.54) is 11.3 Å². The van der Waals surface area contributed by atoms with Crippen LogP contribution in [0.2, 0.25) is 5.02 Å². The van der Waals surface area contributed by atoms with Crippen molar-refractivity contribution in [2.75, 3.05) is 20.6 Å². The molecular formula is C16H19ClN2OS. The van der Waals surface area contributed by atoms with E-state index in [4.69, 9.17) is 11.6 Å². The van der Waals surface area contributed by atoms with Gasteiger partial charge in [0.25, 0.3) is 5.91 Å². The Balaban J connectivity index is 2.08. The Morgan fingerprint density at radius 3 is 2.57 bits per heavy atom. The summed E-state index contributed by atoms with van der Waals surface area (Å²) in [5, 5.41) is 3.71. The third-order valence-corrected chi connectivity index (χ3v) is 4.65. The molecular weight excluding hydrogens is 304 g/mol. The average molecular weight is 323 g/mol. The molecule has 0 fully saturated rings. The zero-order valence-corrected chi connectivity index (χ0v) is 14.0. The Bertz CT molecular complexity index is 624. The van der Waals surface area contributed by atoms with Crippen LogP contribution in [0.3, 0.4) is 0 Å². The predicted molar refractivity (Wildman–Crippen MR) is 89.3 cm³/mol. The van der Waals surface area contributed by atoms with Gasteiger partial charge in [0.15, 0.2) is 0 Å². The summed E-state index contributed by atoms with van der Waals surface area (Å²) in [6.07, 6.45) is 0. The van der Waals surface area contributed by atoms with E-state index < -0.39 is 0 Å². The van der Waals surface area contributed by atoms with Crippen LogP contribution in [0.5, 0.6) is 0 Å². The highest BCUT2D eigenvalue weighted by Crippen LogP contribution is 2.25. The fraction of sp³-hybridized carbons (Fsp3) is 0.312. The number of aryl methyl sites for hydroxylation is 1. The molecule has 1 atom stereocenters.